The molecule has 1 atom stereocenters. The summed E-state index contributed by atoms with van der Waals surface area (Å²) in [6.07, 6.45) is 4.45. The van der Waals surface area contributed by atoms with Crippen LogP contribution in [0.3, 0.4) is 0 Å². The largest absolute Gasteiger partial charge is 0.439 e. The third-order valence-electron chi connectivity index (χ3n) is 1.64. The van der Waals surface area contributed by atoms with Gasteiger partial charge in [-0.2, -0.15) is 0 Å². The van der Waals surface area contributed by atoms with Crippen molar-refractivity contribution in [3.05, 3.63) is 24.3 Å². The Hall–Kier alpha value is -1.58. The number of carbonyl (C=O) groups excluding carboxylic acids is 1. The second-order valence-corrected chi connectivity index (χ2v) is 2.56. The number of nitrogens with zero attached hydrogens (tertiary/aromatic N) is 1. The maximum absolute atomic E-state index is 10.7. The highest BCUT2D eigenvalue weighted by Gasteiger charge is 2.24. The fourth-order valence-electron chi connectivity index (χ4n) is 1.09. The van der Waals surface area contributed by atoms with E-state index in [4.69, 9.17) is 4.74 Å². The second-order valence-electron chi connectivity index (χ2n) is 2.56. The average molecular weight is 180 g/mol. The van der Waals surface area contributed by atoms with E-state index >= 15 is 0 Å². The van der Waals surface area contributed by atoms with Gasteiger partial charge in [-0.15, -0.1) is 0 Å². The third-order valence-corrected chi connectivity index (χ3v) is 1.64. The summed E-state index contributed by atoms with van der Waals surface area (Å²) in [5, 5.41) is 2.57. The first-order valence-corrected chi connectivity index (χ1v) is 3.97. The van der Waals surface area contributed by atoms with Crippen molar-refractivity contribution in [2.24, 2.45) is 4.99 Å². The Morgan fingerprint density at radius 3 is 3.08 bits per heavy atom. The fraction of sp³-hybridized carbons (Fsp3) is 0.333. The molecular weight excluding hydrogens is 168 g/mol. The van der Waals surface area contributed by atoms with Crippen molar-refractivity contribution >= 4 is 12.3 Å². The van der Waals surface area contributed by atoms with Crippen LogP contribution in [-0.2, 0) is 4.74 Å². The zero-order valence-corrected chi connectivity index (χ0v) is 7.49. The molecule has 0 unspecified atom stereocenters. The van der Waals surface area contributed by atoms with E-state index < -0.39 is 0 Å². The van der Waals surface area contributed by atoms with Crippen LogP contribution in [0.25, 0.3) is 0 Å². The maximum Gasteiger partial charge on any atom is 0.407 e. The Kier molecular flexibility index (Phi) is 3.25. The minimum absolute atomic E-state index is 0.241. The highest BCUT2D eigenvalue weighted by molar-refractivity contribution is 5.82. The summed E-state index contributed by atoms with van der Waals surface area (Å²) in [6.45, 7) is 4.06. The molecule has 1 aliphatic rings. The van der Waals surface area contributed by atoms with Crippen molar-refractivity contribution in [2.75, 3.05) is 13.6 Å². The molecular formula is C9H12N2O2. The van der Waals surface area contributed by atoms with Crippen molar-refractivity contribution in [3.63, 3.8) is 0 Å². The van der Waals surface area contributed by atoms with Crippen molar-refractivity contribution in [3.8, 4) is 0 Å². The maximum atomic E-state index is 10.7. The molecule has 0 aromatic rings. The molecule has 1 N–H and O–H groups in total. The van der Waals surface area contributed by atoms with Crippen LogP contribution in [0.5, 0.6) is 0 Å². The lowest BCUT2D eigenvalue weighted by atomic mass is 10.1. The molecule has 1 amide bonds. The molecule has 4 heteroatoms. The van der Waals surface area contributed by atoms with E-state index in [0.29, 0.717) is 6.54 Å². The summed E-state index contributed by atoms with van der Waals surface area (Å²) in [5.41, 5.74) is 0.843. The van der Waals surface area contributed by atoms with Crippen LogP contribution < -0.4 is 5.32 Å². The van der Waals surface area contributed by atoms with Gasteiger partial charge in [-0.25, -0.2) is 4.79 Å². The first-order chi connectivity index (χ1) is 6.27. The number of hydrogen-bond donors (Lipinski definition) is 1. The minimum atomic E-state index is -0.385. The molecule has 0 bridgehead atoms. The van der Waals surface area contributed by atoms with Crippen molar-refractivity contribution in [2.45, 2.75) is 6.10 Å². The third kappa shape index (κ3) is 2.43. The zero-order chi connectivity index (χ0) is 9.68. The molecule has 4 nitrogen and oxygen atoms in total. The van der Waals surface area contributed by atoms with Crippen molar-refractivity contribution in [1.29, 1.82) is 0 Å². The second kappa shape index (κ2) is 4.45. The lowest BCUT2D eigenvalue weighted by Crippen LogP contribution is -2.17. The number of allylic oxidation sites excluding steroid dienone is 2. The molecule has 0 radical (unpaired) electrons. The molecule has 13 heavy (non-hydrogen) atoms. The van der Waals surface area contributed by atoms with Crippen LogP contribution >= 0.6 is 0 Å². The highest BCUT2D eigenvalue weighted by atomic mass is 16.6. The van der Waals surface area contributed by atoms with Gasteiger partial charge in [-0.05, 0) is 0 Å². The molecule has 1 saturated heterocycles. The van der Waals surface area contributed by atoms with Crippen molar-refractivity contribution in [1.82, 2.24) is 5.32 Å². The van der Waals surface area contributed by atoms with Crippen LogP contribution in [0.15, 0.2) is 29.3 Å². The van der Waals surface area contributed by atoms with Crippen LogP contribution in [0, 0.1) is 0 Å². The van der Waals surface area contributed by atoms with E-state index in [1.54, 1.807) is 25.4 Å². The van der Waals surface area contributed by atoms with Gasteiger partial charge < -0.3 is 10.1 Å². The average Bonchev–Trinajstić information content (AvgIpc) is 2.51. The van der Waals surface area contributed by atoms with Crippen LogP contribution in [0.1, 0.15) is 0 Å². The molecule has 0 aliphatic carbocycles. The van der Waals surface area contributed by atoms with Crippen LogP contribution in [-0.4, -0.2) is 32.0 Å². The van der Waals surface area contributed by atoms with Gasteiger partial charge in [0.05, 0.1) is 6.54 Å². The number of ether oxygens (including phenoxy) is 1. The number of aliphatic imine (C=N–C) groups is 1. The van der Waals surface area contributed by atoms with E-state index in [0.717, 1.165) is 5.57 Å². The van der Waals surface area contributed by atoms with Crippen molar-refractivity contribution < 1.29 is 9.53 Å². The molecule has 0 spiro atoms. The summed E-state index contributed by atoms with van der Waals surface area (Å²) < 4.78 is 4.97. The van der Waals surface area contributed by atoms with E-state index in [1.165, 1.54) is 0 Å². The molecule has 1 heterocycles. The molecule has 0 saturated carbocycles. The molecule has 1 fully saturated rings. The predicted molar refractivity (Wildman–Crippen MR) is 51.0 cm³/mol. The Labute approximate surface area is 77.0 Å². The zero-order valence-electron chi connectivity index (χ0n) is 7.49. The minimum Gasteiger partial charge on any atom is -0.439 e. The van der Waals surface area contributed by atoms with E-state index in [2.05, 4.69) is 16.9 Å². The number of alkyl carbamates (subject to hydrolysis) is 1. The Morgan fingerprint density at radius 2 is 2.62 bits per heavy atom. The normalized spacial score (nSPS) is 23.0. The van der Waals surface area contributed by atoms with Gasteiger partial charge in [0.25, 0.3) is 0 Å². The first kappa shape index (κ1) is 9.51. The van der Waals surface area contributed by atoms with Crippen LogP contribution in [0.4, 0.5) is 4.79 Å². The summed E-state index contributed by atoms with van der Waals surface area (Å²) in [6, 6.07) is 0. The highest BCUT2D eigenvalue weighted by Crippen LogP contribution is 2.09. The van der Waals surface area contributed by atoms with E-state index in [-0.39, 0.29) is 12.2 Å². The van der Waals surface area contributed by atoms with Gasteiger partial charge in [0, 0.05) is 18.8 Å². The van der Waals surface area contributed by atoms with E-state index in [1.807, 2.05) is 0 Å². The van der Waals surface area contributed by atoms with Gasteiger partial charge in [-0.1, -0.05) is 18.7 Å². The quantitative estimate of drug-likeness (QED) is 0.518. The molecule has 1 rings (SSSR count). The summed E-state index contributed by atoms with van der Waals surface area (Å²) in [7, 11) is 1.67. The number of hydrogen-bond acceptors (Lipinski definition) is 3. The Balaban J connectivity index is 2.71. The smallest absolute Gasteiger partial charge is 0.407 e. The summed E-state index contributed by atoms with van der Waals surface area (Å²) in [4.78, 5) is 14.6. The number of carbonyl (C=O) groups is 1. The molecule has 70 valence electrons. The van der Waals surface area contributed by atoms with Gasteiger partial charge in [0.1, 0.15) is 6.10 Å². The Morgan fingerprint density at radius 1 is 1.85 bits per heavy atom. The van der Waals surface area contributed by atoms with Crippen LogP contribution in [0.2, 0.25) is 0 Å². The number of rotatable bonds is 3. The predicted octanol–water partition coefficient (Wildman–Crippen LogP) is 0.908. The number of amides is 1. The fourth-order valence-corrected chi connectivity index (χ4v) is 1.09. The first-order valence-electron chi connectivity index (χ1n) is 3.97. The monoisotopic (exact) mass is 180 g/mol. The molecule has 0 aromatic carbocycles. The number of cyclic esters (lactones) is 1. The molecule has 1 aliphatic heterocycles. The molecule has 0 aromatic heterocycles. The summed E-state index contributed by atoms with van der Waals surface area (Å²) >= 11 is 0. The standard InChI is InChI=1S/C9H12N2O2/c1-3-4-7(5-10-2)8-6-11-9(12)13-8/h3-5,8H,1,6H2,2H3,(H,11,12)/b7-4+,10-5?/t8-/m1/s1. The van der Waals surface area contributed by atoms with Gasteiger partial charge in [0.15, 0.2) is 0 Å². The van der Waals surface area contributed by atoms with Gasteiger partial charge in [-0.3, -0.25) is 4.99 Å². The SMILES string of the molecule is C=C/C=C(\C=NC)[C@H]1CNC(=O)O1. The lowest BCUT2D eigenvalue weighted by Gasteiger charge is -2.06. The topological polar surface area (TPSA) is 50.7 Å². The lowest BCUT2D eigenvalue weighted by molar-refractivity contribution is 0.156. The van der Waals surface area contributed by atoms with Gasteiger partial charge >= 0.3 is 6.09 Å². The number of nitrogens with one attached hydrogen (secondary N) is 1. The Bertz CT molecular complexity index is 269. The van der Waals surface area contributed by atoms with E-state index in [9.17, 15) is 4.79 Å². The summed E-state index contributed by atoms with van der Waals surface area (Å²) in [5.74, 6) is 0. The van der Waals surface area contributed by atoms with Gasteiger partial charge in [0.2, 0.25) is 0 Å².